The fourth-order valence-corrected chi connectivity index (χ4v) is 3.75. The quantitative estimate of drug-likeness (QED) is 0.511. The van der Waals surface area contributed by atoms with Crippen LogP contribution < -0.4 is 10.1 Å². The molecule has 0 fully saturated rings. The summed E-state index contributed by atoms with van der Waals surface area (Å²) in [6.45, 7) is 2.03. The monoisotopic (exact) mass is 439 g/mol. The number of esters is 1. The molecule has 0 aliphatic carbocycles. The average Bonchev–Trinajstić information content (AvgIpc) is 2.79. The van der Waals surface area contributed by atoms with Gasteiger partial charge >= 0.3 is 5.97 Å². The summed E-state index contributed by atoms with van der Waals surface area (Å²) < 4.78 is 16.7. The van der Waals surface area contributed by atoms with Crippen LogP contribution in [0.4, 0.5) is 5.69 Å². The number of methoxy groups -OCH3 is 1. The molecule has 0 radical (unpaired) electrons. The molecular formula is C20H19Cl2NO4S. The molecule has 1 heterocycles. The maximum atomic E-state index is 12.0. The summed E-state index contributed by atoms with van der Waals surface area (Å²) in [6, 6.07) is 10.8. The Labute approximate surface area is 178 Å². The number of fused-ring (bicyclic) bond motifs is 1. The molecule has 28 heavy (non-hydrogen) atoms. The van der Waals surface area contributed by atoms with E-state index in [0.29, 0.717) is 26.3 Å². The zero-order valence-corrected chi connectivity index (χ0v) is 17.7. The van der Waals surface area contributed by atoms with Crippen molar-refractivity contribution in [2.45, 2.75) is 25.6 Å². The minimum atomic E-state index is -0.688. The van der Waals surface area contributed by atoms with Crippen molar-refractivity contribution in [1.82, 2.24) is 0 Å². The zero-order chi connectivity index (χ0) is 20.3. The van der Waals surface area contributed by atoms with Crippen LogP contribution in [0, 0.1) is 0 Å². The van der Waals surface area contributed by atoms with Gasteiger partial charge in [-0.05, 0) is 31.2 Å². The van der Waals surface area contributed by atoms with Crippen molar-refractivity contribution < 1.29 is 19.0 Å². The molecule has 3 rings (SSSR count). The van der Waals surface area contributed by atoms with Crippen LogP contribution >= 0.6 is 35.4 Å². The predicted octanol–water partition coefficient (Wildman–Crippen LogP) is 5.18. The number of nitrogens with one attached hydrogen (secondary N) is 1. The summed E-state index contributed by atoms with van der Waals surface area (Å²) in [5.74, 6) is 0.129. The lowest BCUT2D eigenvalue weighted by Crippen LogP contribution is -2.31. The summed E-state index contributed by atoms with van der Waals surface area (Å²) >= 11 is 18.3. The van der Waals surface area contributed by atoms with Crippen LogP contribution in [0.25, 0.3) is 0 Å². The summed E-state index contributed by atoms with van der Waals surface area (Å²) in [4.78, 5) is 12.4. The van der Waals surface area contributed by atoms with Crippen molar-refractivity contribution in [3.8, 4) is 5.75 Å². The van der Waals surface area contributed by atoms with Gasteiger partial charge < -0.3 is 19.5 Å². The van der Waals surface area contributed by atoms with Crippen molar-refractivity contribution >= 4 is 52.1 Å². The van der Waals surface area contributed by atoms with Gasteiger partial charge in [0.25, 0.3) is 0 Å². The molecule has 2 aromatic carbocycles. The van der Waals surface area contributed by atoms with Crippen molar-refractivity contribution in [1.29, 1.82) is 0 Å². The molecule has 0 saturated carbocycles. The molecule has 8 heteroatoms. The molecule has 0 saturated heterocycles. The number of carbonyl (C=O) groups is 1. The van der Waals surface area contributed by atoms with E-state index in [0.717, 1.165) is 11.3 Å². The smallest absolute Gasteiger partial charge is 0.308 e. The summed E-state index contributed by atoms with van der Waals surface area (Å²) in [5.41, 5.74) is 2.19. The van der Waals surface area contributed by atoms with Gasteiger partial charge in [-0.3, -0.25) is 4.79 Å². The van der Waals surface area contributed by atoms with Crippen LogP contribution in [0.5, 0.6) is 5.75 Å². The third-order valence-electron chi connectivity index (χ3n) is 4.30. The molecule has 0 unspecified atom stereocenters. The van der Waals surface area contributed by atoms with Crippen LogP contribution in [0.15, 0.2) is 36.4 Å². The molecule has 2 aromatic rings. The molecule has 0 bridgehead atoms. The second-order valence-corrected chi connectivity index (χ2v) is 7.35. The number of carbonyl (C=O) groups excluding carboxylic acids is 1. The van der Waals surface area contributed by atoms with E-state index < -0.39 is 18.2 Å². The average molecular weight is 440 g/mol. The van der Waals surface area contributed by atoms with E-state index in [1.807, 2.05) is 18.2 Å². The molecule has 0 aromatic heterocycles. The van der Waals surface area contributed by atoms with Crippen LogP contribution in [0.1, 0.15) is 30.6 Å². The van der Waals surface area contributed by atoms with E-state index in [1.54, 1.807) is 32.2 Å². The Hall–Kier alpha value is -1.86. The van der Waals surface area contributed by atoms with Gasteiger partial charge in [0.05, 0.1) is 25.2 Å². The highest BCUT2D eigenvalue weighted by molar-refractivity contribution is 7.80. The van der Waals surface area contributed by atoms with Crippen molar-refractivity contribution in [2.75, 3.05) is 19.0 Å². The first-order valence-corrected chi connectivity index (χ1v) is 9.84. The Balaban J connectivity index is 2.08. The maximum Gasteiger partial charge on any atom is 0.308 e. The Morgan fingerprint density at radius 1 is 1.25 bits per heavy atom. The first-order valence-electron chi connectivity index (χ1n) is 8.68. The second kappa shape index (κ2) is 9.09. The number of hydrogen-bond donors (Lipinski definition) is 1. The third-order valence-corrected chi connectivity index (χ3v) is 5.30. The van der Waals surface area contributed by atoms with Gasteiger partial charge in [0.1, 0.15) is 22.9 Å². The van der Waals surface area contributed by atoms with Crippen LogP contribution in [-0.4, -0.2) is 30.8 Å². The van der Waals surface area contributed by atoms with E-state index in [2.05, 4.69) is 5.32 Å². The fraction of sp³-hybridized carbons (Fsp3) is 0.300. The Morgan fingerprint density at radius 2 is 2.04 bits per heavy atom. The van der Waals surface area contributed by atoms with Gasteiger partial charge in [0.15, 0.2) is 0 Å². The maximum absolute atomic E-state index is 12.0. The summed E-state index contributed by atoms with van der Waals surface area (Å²) in [5, 5.41) is 4.13. The Kier molecular flexibility index (Phi) is 6.78. The highest BCUT2D eigenvalue weighted by Crippen LogP contribution is 2.42. The number of hydrogen-bond acceptors (Lipinski definition) is 5. The van der Waals surface area contributed by atoms with Gasteiger partial charge in [0, 0.05) is 21.8 Å². The molecule has 0 amide bonds. The summed E-state index contributed by atoms with van der Waals surface area (Å²) in [7, 11) is 1.55. The minimum Gasteiger partial charge on any atom is -0.495 e. The second-order valence-electron chi connectivity index (χ2n) is 6.10. The molecule has 2 atom stereocenters. The highest BCUT2D eigenvalue weighted by Gasteiger charge is 2.33. The first kappa shape index (κ1) is 20.9. The third kappa shape index (κ3) is 4.41. The van der Waals surface area contributed by atoms with Gasteiger partial charge in [0.2, 0.25) is 0 Å². The summed E-state index contributed by atoms with van der Waals surface area (Å²) in [6.07, 6.45) is -1.31. The lowest BCUT2D eigenvalue weighted by Gasteiger charge is -2.23. The van der Waals surface area contributed by atoms with Crippen LogP contribution in [0.2, 0.25) is 10.0 Å². The van der Waals surface area contributed by atoms with Crippen molar-refractivity contribution in [2.24, 2.45) is 0 Å². The molecule has 1 aliphatic rings. The molecule has 5 nitrogen and oxygen atoms in total. The van der Waals surface area contributed by atoms with Crippen LogP contribution in [0.3, 0.4) is 0 Å². The van der Waals surface area contributed by atoms with Gasteiger partial charge in [-0.2, -0.15) is 0 Å². The normalized spacial score (nSPS) is 18.6. The molecule has 1 N–H and O–H groups in total. The van der Waals surface area contributed by atoms with E-state index >= 15 is 0 Å². The van der Waals surface area contributed by atoms with E-state index in [4.69, 9.17) is 49.6 Å². The Morgan fingerprint density at radius 3 is 2.75 bits per heavy atom. The number of anilines is 1. The van der Waals surface area contributed by atoms with Gasteiger partial charge in [-0.1, -0.05) is 47.6 Å². The Bertz CT molecular complexity index is 906. The predicted molar refractivity (Wildman–Crippen MR) is 114 cm³/mol. The topological polar surface area (TPSA) is 56.8 Å². The zero-order valence-electron chi connectivity index (χ0n) is 15.3. The van der Waals surface area contributed by atoms with Crippen LogP contribution in [-0.2, 0) is 14.3 Å². The standard InChI is InChI=1S/C20H19Cl2NO4S/c1-3-26-17(24)10-16-20(28)23-14-8-7-11(21)9-13(14)19(27-16)12-5-4-6-15(25-2)18(12)22/h4-9,16,19H,3,10H2,1-2H3,(H,23,28)/t16-,19-/m0/s1. The van der Waals surface area contributed by atoms with E-state index in [-0.39, 0.29) is 13.0 Å². The van der Waals surface area contributed by atoms with Gasteiger partial charge in [-0.15, -0.1) is 0 Å². The molecule has 0 spiro atoms. The highest BCUT2D eigenvalue weighted by atomic mass is 35.5. The van der Waals surface area contributed by atoms with Crippen molar-refractivity contribution in [3.63, 3.8) is 0 Å². The molecular weight excluding hydrogens is 421 g/mol. The number of ether oxygens (including phenoxy) is 3. The lowest BCUT2D eigenvalue weighted by atomic mass is 9.99. The first-order chi connectivity index (χ1) is 13.4. The molecule has 1 aliphatic heterocycles. The lowest BCUT2D eigenvalue weighted by molar-refractivity contribution is -0.145. The number of thiocarbonyl (C=S) groups is 1. The van der Waals surface area contributed by atoms with E-state index in [1.165, 1.54) is 0 Å². The van der Waals surface area contributed by atoms with E-state index in [9.17, 15) is 4.79 Å². The van der Waals surface area contributed by atoms with Gasteiger partial charge in [-0.25, -0.2) is 0 Å². The number of benzene rings is 2. The minimum absolute atomic E-state index is 0.0144. The largest absolute Gasteiger partial charge is 0.495 e. The number of halogens is 2. The molecule has 148 valence electrons. The van der Waals surface area contributed by atoms with Crippen molar-refractivity contribution in [3.05, 3.63) is 57.6 Å². The SMILES string of the molecule is CCOC(=O)C[C@@H]1O[C@@H](c2cccc(OC)c2Cl)c2cc(Cl)ccc2NC1=S. The number of rotatable bonds is 5. The fourth-order valence-electron chi connectivity index (χ4n) is 3.02.